The SMILES string of the molecule is CCCCSc1nc(N)c2c(F)c(C#N)c(F)c(Cl)c2n1. The minimum atomic E-state index is -1.13. The Bertz CT molecular complexity index is 745. The van der Waals surface area contributed by atoms with Gasteiger partial charge in [-0.15, -0.1) is 0 Å². The van der Waals surface area contributed by atoms with Crippen molar-refractivity contribution in [1.82, 2.24) is 9.97 Å². The number of nitriles is 1. The van der Waals surface area contributed by atoms with E-state index in [1.807, 2.05) is 6.92 Å². The van der Waals surface area contributed by atoms with Crippen LogP contribution in [-0.4, -0.2) is 15.7 Å². The summed E-state index contributed by atoms with van der Waals surface area (Å²) in [5.41, 5.74) is 4.81. The number of fused-ring (bicyclic) bond motifs is 1. The summed E-state index contributed by atoms with van der Waals surface area (Å²) in [6.45, 7) is 2.04. The van der Waals surface area contributed by atoms with Crippen LogP contribution in [0.3, 0.4) is 0 Å². The lowest BCUT2D eigenvalue weighted by Gasteiger charge is -2.09. The van der Waals surface area contributed by atoms with Gasteiger partial charge in [0.15, 0.2) is 16.8 Å². The Labute approximate surface area is 129 Å². The molecule has 0 bridgehead atoms. The molecule has 0 saturated heterocycles. The fourth-order valence-electron chi connectivity index (χ4n) is 1.74. The number of rotatable bonds is 4. The molecule has 0 fully saturated rings. The summed E-state index contributed by atoms with van der Waals surface area (Å²) in [5, 5.41) is 8.46. The normalized spacial score (nSPS) is 10.8. The zero-order valence-corrected chi connectivity index (χ0v) is 12.7. The van der Waals surface area contributed by atoms with Gasteiger partial charge in [0.05, 0.1) is 5.39 Å². The van der Waals surface area contributed by atoms with Gasteiger partial charge in [0.1, 0.15) is 28.0 Å². The number of hydrogen-bond acceptors (Lipinski definition) is 5. The zero-order chi connectivity index (χ0) is 15.6. The molecule has 1 heterocycles. The molecule has 21 heavy (non-hydrogen) atoms. The minimum absolute atomic E-state index is 0.114. The third-order valence-corrected chi connectivity index (χ3v) is 4.09. The molecule has 0 spiro atoms. The van der Waals surface area contributed by atoms with Crippen LogP contribution in [0.2, 0.25) is 5.02 Å². The number of benzene rings is 1. The molecule has 0 saturated carbocycles. The van der Waals surface area contributed by atoms with Crippen LogP contribution in [0.5, 0.6) is 0 Å². The maximum Gasteiger partial charge on any atom is 0.190 e. The van der Waals surface area contributed by atoms with Gasteiger partial charge in [-0.05, 0) is 6.42 Å². The highest BCUT2D eigenvalue weighted by Crippen LogP contribution is 2.34. The molecule has 4 nitrogen and oxygen atoms in total. The van der Waals surface area contributed by atoms with Crippen LogP contribution in [0, 0.1) is 23.0 Å². The second-order valence-electron chi connectivity index (χ2n) is 4.25. The number of nitrogen functional groups attached to an aromatic ring is 1. The highest BCUT2D eigenvalue weighted by atomic mass is 35.5. The first-order valence-electron chi connectivity index (χ1n) is 6.17. The highest BCUT2D eigenvalue weighted by Gasteiger charge is 2.23. The summed E-state index contributed by atoms with van der Waals surface area (Å²) < 4.78 is 28.0. The molecule has 0 aliphatic rings. The maximum absolute atomic E-state index is 14.1. The molecule has 0 aliphatic carbocycles. The number of unbranched alkanes of at least 4 members (excludes halogenated alkanes) is 1. The van der Waals surface area contributed by atoms with E-state index < -0.39 is 22.2 Å². The molecule has 8 heteroatoms. The Morgan fingerprint density at radius 1 is 1.33 bits per heavy atom. The Morgan fingerprint density at radius 2 is 2.05 bits per heavy atom. The van der Waals surface area contributed by atoms with Gasteiger partial charge in [0.25, 0.3) is 0 Å². The van der Waals surface area contributed by atoms with Gasteiger partial charge in [-0.3, -0.25) is 0 Å². The largest absolute Gasteiger partial charge is 0.383 e. The lowest BCUT2D eigenvalue weighted by atomic mass is 10.1. The van der Waals surface area contributed by atoms with Crippen molar-refractivity contribution in [3.05, 3.63) is 22.2 Å². The van der Waals surface area contributed by atoms with Crippen LogP contribution in [0.25, 0.3) is 10.9 Å². The molecule has 110 valence electrons. The van der Waals surface area contributed by atoms with E-state index in [9.17, 15) is 8.78 Å². The molecular formula is C13H11ClF2N4S. The number of nitrogens with zero attached hydrogens (tertiary/aromatic N) is 3. The fourth-order valence-corrected chi connectivity index (χ4v) is 2.90. The maximum atomic E-state index is 14.1. The summed E-state index contributed by atoms with van der Waals surface area (Å²) in [4.78, 5) is 8.03. The second kappa shape index (κ2) is 6.41. The van der Waals surface area contributed by atoms with Gasteiger partial charge in [-0.1, -0.05) is 36.7 Å². The molecule has 1 aromatic carbocycles. The summed E-state index contributed by atoms with van der Waals surface area (Å²) in [6, 6.07) is 1.43. The third-order valence-electron chi connectivity index (χ3n) is 2.82. The topological polar surface area (TPSA) is 75.6 Å². The van der Waals surface area contributed by atoms with E-state index in [0.717, 1.165) is 18.6 Å². The molecular weight excluding hydrogens is 318 g/mol. The van der Waals surface area contributed by atoms with Gasteiger partial charge in [0.2, 0.25) is 0 Å². The average Bonchev–Trinajstić information content (AvgIpc) is 2.45. The van der Waals surface area contributed by atoms with Crippen molar-refractivity contribution in [2.45, 2.75) is 24.9 Å². The first kappa shape index (κ1) is 15.7. The number of anilines is 1. The van der Waals surface area contributed by atoms with Crippen molar-refractivity contribution in [3.63, 3.8) is 0 Å². The summed E-state index contributed by atoms with van der Waals surface area (Å²) in [6.07, 6.45) is 1.96. The van der Waals surface area contributed by atoms with Crippen LogP contribution in [0.15, 0.2) is 5.16 Å². The monoisotopic (exact) mass is 328 g/mol. The highest BCUT2D eigenvalue weighted by molar-refractivity contribution is 7.99. The lowest BCUT2D eigenvalue weighted by Crippen LogP contribution is -2.03. The number of nitrogens with two attached hydrogens (primary N) is 1. The fraction of sp³-hybridized carbons (Fsp3) is 0.308. The third kappa shape index (κ3) is 2.87. The lowest BCUT2D eigenvalue weighted by molar-refractivity contribution is 0.585. The van der Waals surface area contributed by atoms with E-state index in [1.54, 1.807) is 0 Å². The molecule has 0 unspecified atom stereocenters. The Morgan fingerprint density at radius 3 is 2.67 bits per heavy atom. The van der Waals surface area contributed by atoms with Crippen molar-refractivity contribution in [3.8, 4) is 6.07 Å². The van der Waals surface area contributed by atoms with Gasteiger partial charge < -0.3 is 5.73 Å². The number of hydrogen-bond donors (Lipinski definition) is 1. The van der Waals surface area contributed by atoms with E-state index in [1.165, 1.54) is 17.8 Å². The van der Waals surface area contributed by atoms with Crippen molar-refractivity contribution in [2.75, 3.05) is 11.5 Å². The van der Waals surface area contributed by atoms with E-state index in [0.29, 0.717) is 5.16 Å². The predicted octanol–water partition coefficient (Wildman–Crippen LogP) is 3.91. The summed E-state index contributed by atoms with van der Waals surface area (Å²) in [5.74, 6) is -1.61. The Kier molecular flexibility index (Phi) is 4.80. The van der Waals surface area contributed by atoms with E-state index in [2.05, 4.69) is 9.97 Å². The first-order chi connectivity index (χ1) is 10.0. The van der Waals surface area contributed by atoms with Crippen LogP contribution < -0.4 is 5.73 Å². The number of thioether (sulfide) groups is 1. The molecule has 1 aromatic heterocycles. The minimum Gasteiger partial charge on any atom is -0.383 e. The molecule has 2 aromatic rings. The number of aromatic nitrogens is 2. The predicted molar refractivity (Wildman–Crippen MR) is 79.2 cm³/mol. The molecule has 0 radical (unpaired) electrons. The standard InChI is InChI=1S/C13H11ClF2N4S/c1-2-3-4-21-13-19-11-7(12(18)20-13)9(15)6(5-17)10(16)8(11)14/h2-4H2,1H3,(H2,18,19,20). The average molecular weight is 329 g/mol. The number of halogens is 3. The van der Waals surface area contributed by atoms with E-state index >= 15 is 0 Å². The van der Waals surface area contributed by atoms with Crippen molar-refractivity contribution in [1.29, 1.82) is 5.26 Å². The van der Waals surface area contributed by atoms with Crippen LogP contribution in [0.4, 0.5) is 14.6 Å². The van der Waals surface area contributed by atoms with Gasteiger partial charge >= 0.3 is 0 Å². The van der Waals surface area contributed by atoms with Gasteiger partial charge in [-0.2, -0.15) is 5.26 Å². The van der Waals surface area contributed by atoms with Crippen molar-refractivity contribution < 1.29 is 8.78 Å². The zero-order valence-electron chi connectivity index (χ0n) is 11.1. The van der Waals surface area contributed by atoms with Gasteiger partial charge in [0, 0.05) is 5.75 Å². The second-order valence-corrected chi connectivity index (χ2v) is 5.69. The van der Waals surface area contributed by atoms with Crippen LogP contribution >= 0.6 is 23.4 Å². The summed E-state index contributed by atoms with van der Waals surface area (Å²) >= 11 is 7.17. The first-order valence-corrected chi connectivity index (χ1v) is 7.54. The Hall–Kier alpha value is -1.65. The quantitative estimate of drug-likeness (QED) is 0.398. The smallest absolute Gasteiger partial charge is 0.190 e. The van der Waals surface area contributed by atoms with Gasteiger partial charge in [-0.25, -0.2) is 18.7 Å². The van der Waals surface area contributed by atoms with E-state index in [4.69, 9.17) is 22.6 Å². The molecule has 0 aliphatic heterocycles. The molecule has 0 atom stereocenters. The molecule has 0 amide bonds. The van der Waals surface area contributed by atoms with Crippen LogP contribution in [-0.2, 0) is 0 Å². The molecule has 2 rings (SSSR count). The Balaban J connectivity index is 2.65. The molecule has 2 N–H and O–H groups in total. The summed E-state index contributed by atoms with van der Waals surface area (Å²) in [7, 11) is 0. The van der Waals surface area contributed by atoms with Crippen LogP contribution in [0.1, 0.15) is 25.3 Å². The van der Waals surface area contributed by atoms with E-state index in [-0.39, 0.29) is 16.7 Å². The van der Waals surface area contributed by atoms with Crippen molar-refractivity contribution >= 4 is 40.1 Å². The van der Waals surface area contributed by atoms with Crippen molar-refractivity contribution in [2.24, 2.45) is 0 Å².